The summed E-state index contributed by atoms with van der Waals surface area (Å²) in [5.41, 5.74) is 2.32. The Morgan fingerprint density at radius 2 is 2.11 bits per heavy atom. The smallest absolute Gasteiger partial charge is 0.137 e. The van der Waals surface area contributed by atoms with E-state index in [4.69, 9.17) is 0 Å². The van der Waals surface area contributed by atoms with Crippen molar-refractivity contribution < 1.29 is 9.50 Å². The number of fused-ring (bicyclic) bond motifs is 1. The Kier molecular flexibility index (Phi) is 2.80. The standard InChI is InChI=1S/C15H13FN2O/c1-10-5-6-12(16)11(8-10)15(19)13-9-18-7-3-2-4-14(18)17-13/h2-9,15,19H,1H3. The minimum absolute atomic E-state index is 0.253. The molecular weight excluding hydrogens is 243 g/mol. The molecule has 1 aromatic carbocycles. The molecule has 0 saturated heterocycles. The van der Waals surface area contributed by atoms with Crippen molar-refractivity contribution in [3.8, 4) is 0 Å². The van der Waals surface area contributed by atoms with Crippen LogP contribution in [0, 0.1) is 12.7 Å². The molecule has 4 heteroatoms. The molecule has 1 atom stereocenters. The maximum absolute atomic E-state index is 13.8. The number of aliphatic hydroxyl groups is 1. The van der Waals surface area contributed by atoms with Gasteiger partial charge in [0, 0.05) is 18.0 Å². The number of imidazole rings is 1. The third-order valence-corrected chi connectivity index (χ3v) is 3.11. The minimum atomic E-state index is -1.06. The van der Waals surface area contributed by atoms with Crippen molar-refractivity contribution in [3.05, 3.63) is 71.4 Å². The first-order valence-corrected chi connectivity index (χ1v) is 6.03. The molecule has 2 aromatic heterocycles. The number of rotatable bonds is 2. The lowest BCUT2D eigenvalue weighted by Gasteiger charge is -2.10. The summed E-state index contributed by atoms with van der Waals surface area (Å²) in [6.45, 7) is 1.86. The van der Waals surface area contributed by atoms with Gasteiger partial charge in [0.2, 0.25) is 0 Å². The molecule has 0 aliphatic heterocycles. The predicted molar refractivity (Wildman–Crippen MR) is 70.4 cm³/mol. The van der Waals surface area contributed by atoms with Crippen molar-refractivity contribution in [2.75, 3.05) is 0 Å². The third kappa shape index (κ3) is 2.11. The highest BCUT2D eigenvalue weighted by molar-refractivity contribution is 5.41. The van der Waals surface area contributed by atoms with Gasteiger partial charge in [-0.2, -0.15) is 0 Å². The normalized spacial score (nSPS) is 12.8. The van der Waals surface area contributed by atoms with Crippen LogP contribution in [0.2, 0.25) is 0 Å². The van der Waals surface area contributed by atoms with Crippen molar-refractivity contribution in [3.63, 3.8) is 0 Å². The Morgan fingerprint density at radius 1 is 1.26 bits per heavy atom. The second kappa shape index (κ2) is 4.48. The molecule has 0 radical (unpaired) electrons. The highest BCUT2D eigenvalue weighted by Gasteiger charge is 2.18. The van der Waals surface area contributed by atoms with E-state index in [1.54, 1.807) is 22.7 Å². The maximum atomic E-state index is 13.8. The fraction of sp³-hybridized carbons (Fsp3) is 0.133. The molecule has 2 heterocycles. The molecule has 0 aliphatic carbocycles. The van der Waals surface area contributed by atoms with Crippen molar-refractivity contribution in [1.82, 2.24) is 9.38 Å². The Bertz CT molecular complexity index is 703. The Labute approximate surface area is 110 Å². The maximum Gasteiger partial charge on any atom is 0.137 e. The number of nitrogens with zero attached hydrogens (tertiary/aromatic N) is 2. The van der Waals surface area contributed by atoms with Gasteiger partial charge in [-0.3, -0.25) is 0 Å². The molecule has 1 unspecified atom stereocenters. The molecule has 0 fully saturated rings. The van der Waals surface area contributed by atoms with Crippen LogP contribution in [0.1, 0.15) is 22.9 Å². The zero-order chi connectivity index (χ0) is 13.4. The molecule has 0 aliphatic rings. The topological polar surface area (TPSA) is 37.5 Å². The van der Waals surface area contributed by atoms with Crippen LogP contribution in [0.15, 0.2) is 48.8 Å². The summed E-state index contributed by atoms with van der Waals surface area (Å²) in [7, 11) is 0. The van der Waals surface area contributed by atoms with E-state index < -0.39 is 11.9 Å². The molecule has 19 heavy (non-hydrogen) atoms. The quantitative estimate of drug-likeness (QED) is 0.765. The van der Waals surface area contributed by atoms with Crippen molar-refractivity contribution in [1.29, 1.82) is 0 Å². The van der Waals surface area contributed by atoms with E-state index in [9.17, 15) is 9.50 Å². The van der Waals surface area contributed by atoms with Crippen LogP contribution in [0.25, 0.3) is 5.65 Å². The second-order valence-electron chi connectivity index (χ2n) is 4.56. The van der Waals surface area contributed by atoms with Crippen LogP contribution in [0.5, 0.6) is 0 Å². The van der Waals surface area contributed by atoms with Crippen molar-refractivity contribution >= 4 is 5.65 Å². The molecule has 96 valence electrons. The van der Waals surface area contributed by atoms with Gasteiger partial charge in [-0.05, 0) is 25.1 Å². The van der Waals surface area contributed by atoms with Gasteiger partial charge in [-0.1, -0.05) is 23.8 Å². The summed E-state index contributed by atoms with van der Waals surface area (Å²) < 4.78 is 15.6. The van der Waals surface area contributed by atoms with Gasteiger partial charge in [0.05, 0.1) is 5.69 Å². The first-order chi connectivity index (χ1) is 9.15. The number of hydrogen-bond donors (Lipinski definition) is 1. The lowest BCUT2D eigenvalue weighted by atomic mass is 10.0. The monoisotopic (exact) mass is 256 g/mol. The molecular formula is C15H13FN2O. The van der Waals surface area contributed by atoms with Crippen LogP contribution in [-0.4, -0.2) is 14.5 Å². The molecule has 0 bridgehead atoms. The summed E-state index contributed by atoms with van der Waals surface area (Å²) >= 11 is 0. The molecule has 1 N–H and O–H groups in total. The average Bonchev–Trinajstić information content (AvgIpc) is 2.84. The molecule has 0 spiro atoms. The zero-order valence-electron chi connectivity index (χ0n) is 10.4. The number of aromatic nitrogens is 2. The number of hydrogen-bond acceptors (Lipinski definition) is 2. The molecule has 3 rings (SSSR count). The minimum Gasteiger partial charge on any atom is -0.382 e. The number of aryl methyl sites for hydroxylation is 1. The second-order valence-corrected chi connectivity index (χ2v) is 4.56. The molecule has 3 aromatic rings. The molecule has 0 saturated carbocycles. The lowest BCUT2D eigenvalue weighted by Crippen LogP contribution is -2.03. The Hall–Kier alpha value is -2.20. The van der Waals surface area contributed by atoms with E-state index >= 15 is 0 Å². The van der Waals surface area contributed by atoms with Crippen LogP contribution in [0.3, 0.4) is 0 Å². The van der Waals surface area contributed by atoms with Crippen molar-refractivity contribution in [2.45, 2.75) is 13.0 Å². The van der Waals surface area contributed by atoms with E-state index in [2.05, 4.69) is 4.98 Å². The summed E-state index contributed by atoms with van der Waals surface area (Å²) in [6.07, 6.45) is 2.49. The van der Waals surface area contributed by atoms with E-state index in [0.717, 1.165) is 11.2 Å². The van der Waals surface area contributed by atoms with Crippen LogP contribution in [0.4, 0.5) is 4.39 Å². The lowest BCUT2D eigenvalue weighted by molar-refractivity contribution is 0.210. The van der Waals surface area contributed by atoms with Gasteiger partial charge in [-0.25, -0.2) is 9.37 Å². The summed E-state index contributed by atoms with van der Waals surface area (Å²) in [6, 6.07) is 10.3. The first-order valence-electron chi connectivity index (χ1n) is 6.03. The predicted octanol–water partition coefficient (Wildman–Crippen LogP) is 2.86. The van der Waals surface area contributed by atoms with Gasteiger partial charge < -0.3 is 9.51 Å². The number of pyridine rings is 1. The summed E-state index contributed by atoms with van der Waals surface area (Å²) in [4.78, 5) is 4.31. The van der Waals surface area contributed by atoms with E-state index in [0.29, 0.717) is 5.69 Å². The van der Waals surface area contributed by atoms with Gasteiger partial charge in [0.25, 0.3) is 0 Å². The summed E-state index contributed by atoms with van der Waals surface area (Å²) in [5.74, 6) is -0.421. The highest BCUT2D eigenvalue weighted by Crippen LogP contribution is 2.24. The SMILES string of the molecule is Cc1ccc(F)c(C(O)c2cn3ccccc3n2)c1. The van der Waals surface area contributed by atoms with E-state index in [-0.39, 0.29) is 5.56 Å². The van der Waals surface area contributed by atoms with Crippen LogP contribution >= 0.6 is 0 Å². The van der Waals surface area contributed by atoms with Crippen molar-refractivity contribution in [2.24, 2.45) is 0 Å². The first kappa shape index (κ1) is 11.9. The summed E-state index contributed by atoms with van der Waals surface area (Å²) in [5, 5.41) is 10.3. The number of aliphatic hydroxyl groups excluding tert-OH is 1. The fourth-order valence-electron chi connectivity index (χ4n) is 2.12. The number of benzene rings is 1. The van der Waals surface area contributed by atoms with Gasteiger partial charge in [0.15, 0.2) is 0 Å². The van der Waals surface area contributed by atoms with E-state index in [1.165, 1.54) is 6.07 Å². The van der Waals surface area contributed by atoms with Gasteiger partial charge in [-0.15, -0.1) is 0 Å². The number of halogens is 1. The van der Waals surface area contributed by atoms with Gasteiger partial charge >= 0.3 is 0 Å². The highest BCUT2D eigenvalue weighted by atomic mass is 19.1. The zero-order valence-corrected chi connectivity index (χ0v) is 10.4. The molecule has 0 amide bonds. The van der Waals surface area contributed by atoms with E-state index in [1.807, 2.05) is 31.3 Å². The largest absolute Gasteiger partial charge is 0.382 e. The Morgan fingerprint density at radius 3 is 2.89 bits per heavy atom. The van der Waals surface area contributed by atoms with Crippen LogP contribution < -0.4 is 0 Å². The average molecular weight is 256 g/mol. The van der Waals surface area contributed by atoms with Gasteiger partial charge in [0.1, 0.15) is 17.6 Å². The Balaban J connectivity index is 2.07. The molecule has 3 nitrogen and oxygen atoms in total. The van der Waals surface area contributed by atoms with Crippen LogP contribution in [-0.2, 0) is 0 Å². The fourth-order valence-corrected chi connectivity index (χ4v) is 2.12. The third-order valence-electron chi connectivity index (χ3n) is 3.11.